The van der Waals surface area contributed by atoms with Crippen molar-refractivity contribution in [3.8, 4) is 23.0 Å². The first-order valence-electron chi connectivity index (χ1n) is 18.8. The van der Waals surface area contributed by atoms with Gasteiger partial charge in [0.05, 0.1) is 52.1 Å². The highest BCUT2D eigenvalue weighted by molar-refractivity contribution is 5.75. The number of phenols is 4. The Morgan fingerprint density at radius 1 is 0.375 bits per heavy atom. The predicted molar refractivity (Wildman–Crippen MR) is 205 cm³/mol. The zero-order valence-electron chi connectivity index (χ0n) is 32.2. The van der Waals surface area contributed by atoms with Crippen molar-refractivity contribution in [3.05, 3.63) is 115 Å². The van der Waals surface area contributed by atoms with Crippen LogP contribution in [0.2, 0.25) is 0 Å². The summed E-state index contributed by atoms with van der Waals surface area (Å²) >= 11 is 0. The minimum atomic E-state index is -0.483. The van der Waals surface area contributed by atoms with E-state index in [1.165, 1.54) is 0 Å². The topological polar surface area (TPSA) is 186 Å². The lowest BCUT2D eigenvalue weighted by Crippen LogP contribution is -2.11. The van der Waals surface area contributed by atoms with E-state index in [0.717, 1.165) is 0 Å². The first-order valence-corrected chi connectivity index (χ1v) is 18.8. The summed E-state index contributed by atoms with van der Waals surface area (Å²) in [6, 6.07) is 13.2. The summed E-state index contributed by atoms with van der Waals surface area (Å²) in [5.74, 6) is -2.47. The van der Waals surface area contributed by atoms with Gasteiger partial charge < -0.3 is 39.4 Å². The van der Waals surface area contributed by atoms with Crippen molar-refractivity contribution in [1.82, 2.24) is 0 Å². The van der Waals surface area contributed by atoms with E-state index < -0.39 is 23.9 Å². The van der Waals surface area contributed by atoms with Gasteiger partial charge in [-0.2, -0.15) is 0 Å². The smallest absolute Gasteiger partial charge is 0.310 e. The van der Waals surface area contributed by atoms with Crippen molar-refractivity contribution in [3.63, 3.8) is 0 Å². The molecular weight excluding hydrogens is 720 g/mol. The Morgan fingerprint density at radius 3 is 0.679 bits per heavy atom. The summed E-state index contributed by atoms with van der Waals surface area (Å²) in [4.78, 5) is 50.7. The van der Waals surface area contributed by atoms with Crippen LogP contribution in [0.3, 0.4) is 0 Å². The van der Waals surface area contributed by atoms with Crippen LogP contribution in [0, 0.1) is 0 Å². The Morgan fingerprint density at radius 2 is 0.536 bits per heavy atom. The summed E-state index contributed by atoms with van der Waals surface area (Å²) in [5, 5.41) is 47.3. The molecule has 296 valence electrons. The van der Waals surface area contributed by atoms with Gasteiger partial charge in [-0.3, -0.25) is 19.2 Å². The maximum atomic E-state index is 12.7. The summed E-state index contributed by atoms with van der Waals surface area (Å²) in [5.41, 5.74) is 4.91. The second kappa shape index (κ2) is 18.5. The molecule has 0 atom stereocenters. The molecule has 0 aromatic heterocycles. The first kappa shape index (κ1) is 41.1. The van der Waals surface area contributed by atoms with E-state index in [-0.39, 0.29) is 101 Å². The molecule has 0 heterocycles. The lowest BCUT2D eigenvalue weighted by molar-refractivity contribution is -0.143. The van der Waals surface area contributed by atoms with Gasteiger partial charge in [-0.1, -0.05) is 48.5 Å². The molecule has 0 fully saturated rings. The van der Waals surface area contributed by atoms with Crippen molar-refractivity contribution in [2.45, 2.75) is 79.1 Å². The number of phenolic OH excluding ortho intramolecular Hbond substituents is 4. The van der Waals surface area contributed by atoms with Crippen molar-refractivity contribution in [2.24, 2.45) is 0 Å². The van der Waals surface area contributed by atoms with Gasteiger partial charge in [0.15, 0.2) is 0 Å². The lowest BCUT2D eigenvalue weighted by Gasteiger charge is -2.20. The number of rotatable bonds is 12. The minimum absolute atomic E-state index is 0.0365. The van der Waals surface area contributed by atoms with E-state index in [1.807, 2.05) is 0 Å². The molecule has 1 aliphatic rings. The van der Waals surface area contributed by atoms with E-state index >= 15 is 0 Å². The second-order valence-corrected chi connectivity index (χ2v) is 13.7. The minimum Gasteiger partial charge on any atom is -0.507 e. The zero-order chi connectivity index (χ0) is 40.5. The van der Waals surface area contributed by atoms with Crippen LogP contribution in [0.15, 0.2) is 48.5 Å². The number of fused-ring (bicyclic) bond motifs is 8. The van der Waals surface area contributed by atoms with E-state index in [4.69, 9.17) is 18.9 Å². The van der Waals surface area contributed by atoms with Crippen molar-refractivity contribution >= 4 is 23.9 Å². The van der Waals surface area contributed by atoms with Gasteiger partial charge in [0, 0.05) is 25.7 Å². The van der Waals surface area contributed by atoms with Crippen molar-refractivity contribution in [2.75, 3.05) is 26.4 Å². The van der Waals surface area contributed by atoms with Crippen LogP contribution in [-0.2, 0) is 89.5 Å². The molecule has 56 heavy (non-hydrogen) atoms. The van der Waals surface area contributed by atoms with Gasteiger partial charge >= 0.3 is 23.9 Å². The molecule has 12 nitrogen and oxygen atoms in total. The molecule has 4 N–H and O–H groups in total. The van der Waals surface area contributed by atoms with E-state index in [2.05, 4.69) is 0 Å². The average Bonchev–Trinajstić information content (AvgIpc) is 3.12. The number of esters is 4. The third kappa shape index (κ3) is 10.2. The van der Waals surface area contributed by atoms with Gasteiger partial charge in [-0.15, -0.1) is 0 Å². The van der Waals surface area contributed by atoms with Gasteiger partial charge in [0.1, 0.15) is 23.0 Å². The molecule has 4 aromatic rings. The van der Waals surface area contributed by atoms with E-state index in [9.17, 15) is 39.6 Å². The quantitative estimate of drug-likeness (QED) is 0.0910. The normalized spacial score (nSPS) is 12.1. The molecule has 0 aliphatic heterocycles. The zero-order valence-corrected chi connectivity index (χ0v) is 32.2. The summed E-state index contributed by atoms with van der Waals surface area (Å²) in [7, 11) is 0. The Hall–Kier alpha value is -6.04. The molecule has 0 unspecified atom stereocenters. The summed E-state index contributed by atoms with van der Waals surface area (Å²) in [6.07, 6.45) is -0.604. The number of carbonyl (C=O) groups is 4. The maximum absolute atomic E-state index is 12.7. The van der Waals surface area contributed by atoms with Crippen LogP contribution in [0.25, 0.3) is 0 Å². The number of ether oxygens (including phenoxy) is 4. The molecule has 0 saturated carbocycles. The van der Waals surface area contributed by atoms with Gasteiger partial charge in [-0.05, 0) is 94.5 Å². The fourth-order valence-corrected chi connectivity index (χ4v) is 7.15. The fourth-order valence-electron chi connectivity index (χ4n) is 7.15. The van der Waals surface area contributed by atoms with Gasteiger partial charge in [-0.25, -0.2) is 0 Å². The van der Waals surface area contributed by atoms with Crippen LogP contribution >= 0.6 is 0 Å². The SMILES string of the molecule is CCOC(=O)Cc1cc2c(O)c(c1)Cc1cc(CC(=O)OCC)cc(c1O)Cc1cc(CC(=O)OCC)cc(c1O)Cc1cc(CC(=O)OCC)cc(c1O)C2. The fraction of sp³-hybridized carbons (Fsp3) is 0.364. The standard InChI is InChI=1S/C44H48O12/c1-5-53-37(45)17-25-9-29-21-31-11-26(18-38(46)54-6-2)13-33(42(31)50)23-35-15-28(20-40(48)56-8-4)16-36(44(35)52)24-34-14-27(19-39(47)55-7-3)12-32(43(34)51)22-30(10-25)41(29)49/h9-16,49-52H,5-8,17-24H2,1-4H3. The third-order valence-corrected chi connectivity index (χ3v) is 9.45. The molecule has 8 bridgehead atoms. The molecule has 0 saturated heterocycles. The van der Waals surface area contributed by atoms with E-state index in [1.54, 1.807) is 76.2 Å². The number of benzene rings is 4. The molecule has 1 aliphatic carbocycles. The molecule has 12 heteroatoms. The number of hydrogen-bond donors (Lipinski definition) is 4. The Balaban J connectivity index is 1.78. The number of carbonyl (C=O) groups excluding carboxylic acids is 4. The lowest BCUT2D eigenvalue weighted by atomic mass is 9.87. The highest BCUT2D eigenvalue weighted by atomic mass is 16.5. The van der Waals surface area contributed by atoms with Crippen LogP contribution in [0.5, 0.6) is 23.0 Å². The van der Waals surface area contributed by atoms with Crippen LogP contribution in [0.4, 0.5) is 0 Å². The van der Waals surface area contributed by atoms with Crippen molar-refractivity contribution in [1.29, 1.82) is 0 Å². The summed E-state index contributed by atoms with van der Waals surface area (Å²) in [6.45, 7) is 7.49. The molecular formula is C44H48O12. The monoisotopic (exact) mass is 768 g/mol. The van der Waals surface area contributed by atoms with Crippen LogP contribution in [0.1, 0.15) is 94.5 Å². The highest BCUT2D eigenvalue weighted by Gasteiger charge is 2.23. The first-order chi connectivity index (χ1) is 26.8. The van der Waals surface area contributed by atoms with Crippen LogP contribution in [-0.4, -0.2) is 70.7 Å². The summed E-state index contributed by atoms with van der Waals surface area (Å²) < 4.78 is 20.8. The third-order valence-electron chi connectivity index (χ3n) is 9.45. The molecule has 0 amide bonds. The van der Waals surface area contributed by atoms with E-state index in [0.29, 0.717) is 66.8 Å². The van der Waals surface area contributed by atoms with Crippen molar-refractivity contribution < 1.29 is 58.6 Å². The Labute approximate surface area is 325 Å². The number of aromatic hydroxyl groups is 4. The molecule has 4 aromatic carbocycles. The number of hydrogen-bond acceptors (Lipinski definition) is 12. The van der Waals surface area contributed by atoms with Gasteiger partial charge in [0.25, 0.3) is 0 Å². The average molecular weight is 769 g/mol. The predicted octanol–water partition coefficient (Wildman–Crippen LogP) is 5.61. The highest BCUT2D eigenvalue weighted by Crippen LogP contribution is 2.39. The molecule has 0 radical (unpaired) electrons. The Kier molecular flexibility index (Phi) is 13.6. The van der Waals surface area contributed by atoms with Crippen LogP contribution < -0.4 is 0 Å². The largest absolute Gasteiger partial charge is 0.507 e. The maximum Gasteiger partial charge on any atom is 0.310 e. The molecule has 0 spiro atoms. The van der Waals surface area contributed by atoms with Gasteiger partial charge in [0.2, 0.25) is 0 Å². The Bertz CT molecular complexity index is 1740. The molecule has 5 rings (SSSR count). The second-order valence-electron chi connectivity index (χ2n) is 13.7.